The Labute approximate surface area is 164 Å². The molecule has 0 fully saturated rings. The number of hydrogen-bond acceptors (Lipinski definition) is 0. The number of halogens is 2. The summed E-state index contributed by atoms with van der Waals surface area (Å²) in [5.74, 6) is 0. The summed E-state index contributed by atoms with van der Waals surface area (Å²) in [5, 5.41) is 0. The molecule has 2 aliphatic carbocycles. The third-order valence-corrected chi connectivity index (χ3v) is 27.1. The Morgan fingerprint density at radius 2 is 1.33 bits per heavy atom. The maximum absolute atomic E-state index is 8.00. The zero-order valence-electron chi connectivity index (χ0n) is 16.6. The second kappa shape index (κ2) is 4.87. The van der Waals surface area contributed by atoms with Crippen LogP contribution in [0.25, 0.3) is 12.2 Å². The topological polar surface area (TPSA) is 0 Å². The van der Waals surface area contributed by atoms with Crippen LogP contribution in [0.4, 0.5) is 0 Å². The van der Waals surface area contributed by atoms with Gasteiger partial charge in [0.05, 0.1) is 0 Å². The summed E-state index contributed by atoms with van der Waals surface area (Å²) in [6, 6.07) is 17.0. The zero-order valence-corrected chi connectivity index (χ0v) is 20.6. The molecule has 2 unspecified atom stereocenters. The monoisotopic (exact) mass is 476 g/mol. The average Bonchev–Trinajstić information content (AvgIpc) is 3.11. The van der Waals surface area contributed by atoms with E-state index in [4.69, 9.17) is 21.2 Å². The standard InChI is InChI=1S/C11H11.C10H9.2CH3.CH2.2ClH.Zr/c1-2-9-7-10-5-3-4-6-11(10)8-9;1-8-6-9-4-2-3-5-10(9)7-8;;;;;;/h3-8H,2H2,1H3;2-7H,1H3;2*1H3;1H2;2*1H;/q;;;;;;;+2/p-2. The van der Waals surface area contributed by atoms with Crippen LogP contribution in [0.1, 0.15) is 49.8 Å². The molecule has 0 aromatic heterocycles. The summed E-state index contributed by atoms with van der Waals surface area (Å²) in [7, 11) is 16.0. The summed E-state index contributed by atoms with van der Waals surface area (Å²) >= 11 is -5.73. The van der Waals surface area contributed by atoms with Gasteiger partial charge >= 0.3 is 165 Å². The van der Waals surface area contributed by atoms with Crippen molar-refractivity contribution in [2.24, 2.45) is 0 Å². The second-order valence-electron chi connectivity index (χ2n) is 10.6. The van der Waals surface area contributed by atoms with Crippen molar-refractivity contribution < 1.29 is 12.9 Å². The van der Waals surface area contributed by atoms with Crippen LogP contribution in [0.3, 0.4) is 0 Å². The van der Waals surface area contributed by atoms with Crippen LogP contribution in [-0.2, 0) is 12.9 Å². The Bertz CT molecular complexity index is 1150. The molecule has 2 aliphatic rings. The Balaban J connectivity index is 2.10. The fourth-order valence-electron chi connectivity index (χ4n) is 6.27. The summed E-state index contributed by atoms with van der Waals surface area (Å²) < 4.78 is 9.08. The summed E-state index contributed by atoms with van der Waals surface area (Å²) in [5.41, 5.74) is 7.44. The van der Waals surface area contributed by atoms with Gasteiger partial charge in [-0.05, 0) is 0 Å². The number of hydrogen-bond donors (Lipinski definition) is 0. The molecule has 0 spiro atoms. The summed E-state index contributed by atoms with van der Waals surface area (Å²) in [6.07, 6.45) is 5.45. The van der Waals surface area contributed by atoms with Gasteiger partial charge in [0.25, 0.3) is 0 Å². The molecule has 0 N–H and O–H groups in total. The maximum atomic E-state index is 8.00. The van der Waals surface area contributed by atoms with Crippen molar-refractivity contribution >= 4 is 33.4 Å². The first-order chi connectivity index (χ1) is 12.3. The van der Waals surface area contributed by atoms with E-state index in [1.54, 1.807) is 0 Å². The Hall–Kier alpha value is -0.747. The SMILES string of the molecule is [CH2]=[Zr]([CH3])([CH3])([Cl])([Cl])([CH]1C(C)=Cc2ccccc21)[CH]1C(CC)=Cc2ccccc21. The van der Waals surface area contributed by atoms with Crippen LogP contribution >= 0.6 is 17.0 Å². The van der Waals surface area contributed by atoms with Gasteiger partial charge in [-0.15, -0.1) is 0 Å². The number of rotatable bonds is 3. The van der Waals surface area contributed by atoms with Crippen LogP contribution in [0, 0.1) is 0 Å². The minimum atomic E-state index is -5.73. The van der Waals surface area contributed by atoms with E-state index in [0.29, 0.717) is 0 Å². The van der Waals surface area contributed by atoms with Gasteiger partial charge in [0, 0.05) is 0 Å². The quantitative estimate of drug-likeness (QED) is 0.416. The Kier molecular flexibility index (Phi) is 3.53. The fraction of sp³-hybridized carbons (Fsp3) is 0.292. The Morgan fingerprint density at radius 1 is 0.852 bits per heavy atom. The molecule has 0 heterocycles. The van der Waals surface area contributed by atoms with E-state index >= 15 is 0 Å². The first-order valence-corrected chi connectivity index (χ1v) is 25.7. The van der Waals surface area contributed by atoms with Crippen molar-refractivity contribution in [1.82, 2.24) is 0 Å². The van der Waals surface area contributed by atoms with Crippen LogP contribution in [-0.4, -0.2) is 4.21 Å². The molecular weight excluding hydrogens is 450 g/mol. The molecule has 4 rings (SSSR count). The van der Waals surface area contributed by atoms with Gasteiger partial charge in [-0.3, -0.25) is 0 Å². The van der Waals surface area contributed by atoms with Gasteiger partial charge in [0.1, 0.15) is 0 Å². The molecule has 0 radical (unpaired) electrons. The molecule has 3 heteroatoms. The van der Waals surface area contributed by atoms with Crippen molar-refractivity contribution in [3.05, 3.63) is 81.9 Å². The molecule has 0 bridgehead atoms. The van der Waals surface area contributed by atoms with Crippen molar-refractivity contribution in [1.29, 1.82) is 0 Å². The van der Waals surface area contributed by atoms with Gasteiger partial charge in [-0.2, -0.15) is 0 Å². The third-order valence-electron chi connectivity index (χ3n) is 6.91. The number of allylic oxidation sites excluding steroid dienone is 2. The van der Waals surface area contributed by atoms with Gasteiger partial charge in [-0.25, -0.2) is 0 Å². The fourth-order valence-corrected chi connectivity index (χ4v) is 30.1. The normalized spacial score (nSPS) is 25.3. The van der Waals surface area contributed by atoms with Gasteiger partial charge in [-0.1, -0.05) is 0 Å². The van der Waals surface area contributed by atoms with Crippen LogP contribution in [0.2, 0.25) is 9.26 Å². The van der Waals surface area contributed by atoms with E-state index in [1.165, 1.54) is 33.4 Å². The van der Waals surface area contributed by atoms with Gasteiger partial charge in [0.15, 0.2) is 0 Å². The molecule has 0 saturated heterocycles. The molecule has 27 heavy (non-hydrogen) atoms. The van der Waals surface area contributed by atoms with Gasteiger partial charge < -0.3 is 0 Å². The first kappa shape index (κ1) is 19.6. The first-order valence-electron chi connectivity index (χ1n) is 9.83. The molecule has 0 saturated carbocycles. The molecular formula is C24H28Cl2Zr. The molecule has 2 aromatic carbocycles. The van der Waals surface area contributed by atoms with E-state index in [0.717, 1.165) is 6.42 Å². The van der Waals surface area contributed by atoms with E-state index in [2.05, 4.69) is 83.8 Å². The van der Waals surface area contributed by atoms with E-state index in [9.17, 15) is 0 Å². The molecule has 0 nitrogen and oxygen atoms in total. The number of benzene rings is 2. The second-order valence-corrected chi connectivity index (χ2v) is 56.0. The molecule has 2 aromatic rings. The molecule has 142 valence electrons. The predicted octanol–water partition coefficient (Wildman–Crippen LogP) is 8.29. The molecule has 0 aliphatic heterocycles. The molecule has 0 amide bonds. The average molecular weight is 479 g/mol. The predicted molar refractivity (Wildman–Crippen MR) is 121 cm³/mol. The third kappa shape index (κ3) is 2.69. The minimum absolute atomic E-state index is 0.0502. The molecule has 2 atom stereocenters. The van der Waals surface area contributed by atoms with Crippen molar-refractivity contribution in [2.75, 3.05) is 0 Å². The Morgan fingerprint density at radius 3 is 1.89 bits per heavy atom. The van der Waals surface area contributed by atoms with E-state index < -0.39 is 12.9 Å². The van der Waals surface area contributed by atoms with Gasteiger partial charge in [0.2, 0.25) is 0 Å². The summed E-state index contributed by atoms with van der Waals surface area (Å²) in [6.45, 7) is 4.36. The summed E-state index contributed by atoms with van der Waals surface area (Å²) in [4.78, 5) is 0. The number of fused-ring (bicyclic) bond motifs is 2. The van der Waals surface area contributed by atoms with E-state index in [1.807, 2.05) is 0 Å². The van der Waals surface area contributed by atoms with Crippen LogP contribution in [0.5, 0.6) is 0 Å². The zero-order chi connectivity index (χ0) is 19.8. The van der Waals surface area contributed by atoms with Crippen LogP contribution < -0.4 is 0 Å². The van der Waals surface area contributed by atoms with Crippen molar-refractivity contribution in [2.45, 2.75) is 36.8 Å². The van der Waals surface area contributed by atoms with Crippen molar-refractivity contribution in [3.8, 4) is 0 Å². The van der Waals surface area contributed by atoms with E-state index in [-0.39, 0.29) is 7.25 Å². The van der Waals surface area contributed by atoms with Crippen molar-refractivity contribution in [3.63, 3.8) is 0 Å². The van der Waals surface area contributed by atoms with Crippen LogP contribution in [0.15, 0.2) is 59.7 Å².